The second kappa shape index (κ2) is 11.8. The van der Waals surface area contributed by atoms with E-state index in [2.05, 4.69) is 39.6 Å². The van der Waals surface area contributed by atoms with Gasteiger partial charge in [0, 0.05) is 49.6 Å². The van der Waals surface area contributed by atoms with Crippen LogP contribution in [0.25, 0.3) is 0 Å². The normalized spacial score (nSPS) is 55.8. The van der Waals surface area contributed by atoms with Gasteiger partial charge in [-0.2, -0.15) is 0 Å². The number of fused-ring (bicyclic) bond motifs is 4. The van der Waals surface area contributed by atoms with Crippen LogP contribution in [0.15, 0.2) is 0 Å². The molecular weight excluding hydrogens is 594 g/mol. The van der Waals surface area contributed by atoms with E-state index in [4.69, 9.17) is 48.0 Å². The lowest BCUT2D eigenvalue weighted by Crippen LogP contribution is -2.70. The molecule has 0 radical (unpaired) electrons. The molecule has 11 heteroatoms. The molecule has 10 aliphatic rings. The van der Waals surface area contributed by atoms with Crippen molar-refractivity contribution in [2.75, 3.05) is 33.4 Å². The molecule has 0 aromatic rings. The zero-order valence-electron chi connectivity index (χ0n) is 28.9. The van der Waals surface area contributed by atoms with E-state index in [1.165, 1.54) is 12.8 Å². The molecule has 2 spiro atoms. The first kappa shape index (κ1) is 32.7. The summed E-state index contributed by atoms with van der Waals surface area (Å²) < 4.78 is 39.0. The molecule has 10 rings (SSSR count). The van der Waals surface area contributed by atoms with Crippen molar-refractivity contribution in [1.82, 2.24) is 4.90 Å². The maximum atomic E-state index is 6.59. The Kier molecular flexibility index (Phi) is 8.42. The van der Waals surface area contributed by atoms with Crippen LogP contribution in [-0.2, 0) is 48.0 Å². The van der Waals surface area contributed by atoms with Gasteiger partial charge >= 0.3 is 0 Å². The number of nitrogens with zero attached hydrogens (tertiary/aromatic N) is 1. The van der Waals surface area contributed by atoms with Gasteiger partial charge < -0.3 is 33.3 Å². The van der Waals surface area contributed by atoms with E-state index in [9.17, 15) is 0 Å². The van der Waals surface area contributed by atoms with E-state index < -0.39 is 35.4 Å². The van der Waals surface area contributed by atoms with Crippen LogP contribution in [0.5, 0.6) is 0 Å². The number of ether oxygens (including phenoxy) is 6. The summed E-state index contributed by atoms with van der Waals surface area (Å²) in [5.74, 6) is 1.11. The highest BCUT2D eigenvalue weighted by Crippen LogP contribution is 2.62. The molecule has 0 amide bonds. The van der Waals surface area contributed by atoms with Crippen LogP contribution in [0.2, 0.25) is 0 Å². The maximum Gasteiger partial charge on any atom is 0.201 e. The second-order valence-electron chi connectivity index (χ2n) is 16.6. The Morgan fingerprint density at radius 3 is 1.46 bits per heavy atom. The first-order valence-electron chi connectivity index (χ1n) is 18.3. The van der Waals surface area contributed by atoms with Gasteiger partial charge in [0.1, 0.15) is 0 Å². The molecular formula is C35H57NO10. The minimum Gasteiger partial charge on any atom is -0.351 e. The van der Waals surface area contributed by atoms with Crippen LogP contribution in [-0.4, -0.2) is 86.2 Å². The molecule has 11 nitrogen and oxygen atoms in total. The largest absolute Gasteiger partial charge is 0.351 e. The third-order valence-corrected chi connectivity index (χ3v) is 13.7. The third kappa shape index (κ3) is 5.00. The Morgan fingerprint density at radius 1 is 0.587 bits per heavy atom. The van der Waals surface area contributed by atoms with E-state index in [0.29, 0.717) is 36.9 Å². The first-order valence-corrected chi connectivity index (χ1v) is 18.3. The smallest absolute Gasteiger partial charge is 0.201 e. The van der Waals surface area contributed by atoms with Crippen molar-refractivity contribution < 1.29 is 48.0 Å². The van der Waals surface area contributed by atoms with Crippen molar-refractivity contribution in [3.8, 4) is 0 Å². The molecule has 2 saturated carbocycles. The zero-order chi connectivity index (χ0) is 32.1. The standard InChI is InChI=1S/C35H57NO10/c1-20-8-10-26-22(3)28(39-30-34(26)24(20)12-14-32(5,41-30)43-45-34)37-18-16-36(7)17-19-38-29-23(4)27-11-9-21(2)25-13-15-33(6)42-31(40-29)35(25,27)46-44-33/h20-31H,8-19H2,1-7H3/t20-,21-,22-,23-,24?,25?,26?,27?,28+,29+,30-,31-,32-,33-,34-,35-/m1/s1. The van der Waals surface area contributed by atoms with Crippen LogP contribution in [0, 0.1) is 47.3 Å². The highest BCUT2D eigenvalue weighted by atomic mass is 17.3. The van der Waals surface area contributed by atoms with Gasteiger partial charge in [-0.25, -0.2) is 19.6 Å². The van der Waals surface area contributed by atoms with Gasteiger partial charge in [-0.3, -0.25) is 0 Å². The third-order valence-electron chi connectivity index (χ3n) is 13.7. The topological polar surface area (TPSA) is 95.5 Å². The predicted molar refractivity (Wildman–Crippen MR) is 163 cm³/mol. The van der Waals surface area contributed by atoms with Gasteiger partial charge in [0.2, 0.25) is 11.6 Å². The van der Waals surface area contributed by atoms with E-state index in [-0.39, 0.29) is 36.3 Å². The minimum absolute atomic E-state index is 0.170. The zero-order valence-corrected chi connectivity index (χ0v) is 28.9. The molecule has 8 saturated heterocycles. The van der Waals surface area contributed by atoms with Crippen molar-refractivity contribution in [2.24, 2.45) is 47.3 Å². The quantitative estimate of drug-likeness (QED) is 0.317. The van der Waals surface area contributed by atoms with E-state index >= 15 is 0 Å². The summed E-state index contributed by atoms with van der Waals surface area (Å²) in [6.07, 6.45) is 6.51. The SMILES string of the molecule is C[C@@H]1CCC2[C@@H](C)[C@@H](OCCN(C)CCO[C@H]3O[C@@H]4O[C@@]5(C)CCC6[C@H](C)CCC([C@H]3C)[C@]64OO5)O[C@@H]3O[C@@]4(C)CCC1[C@@]23OO4. The van der Waals surface area contributed by atoms with Gasteiger partial charge in [0.15, 0.2) is 36.4 Å². The molecule has 0 N–H and O–H groups in total. The van der Waals surface area contributed by atoms with Gasteiger partial charge in [0.25, 0.3) is 0 Å². The first-order chi connectivity index (χ1) is 22.0. The van der Waals surface area contributed by atoms with Crippen molar-refractivity contribution in [1.29, 1.82) is 0 Å². The molecule has 46 heavy (non-hydrogen) atoms. The van der Waals surface area contributed by atoms with Crippen molar-refractivity contribution >= 4 is 0 Å². The Balaban J connectivity index is 0.845. The Morgan fingerprint density at radius 2 is 1.02 bits per heavy atom. The van der Waals surface area contributed by atoms with Crippen molar-refractivity contribution in [3.05, 3.63) is 0 Å². The Labute approximate surface area is 274 Å². The highest BCUT2D eigenvalue weighted by Gasteiger charge is 2.71. The fourth-order valence-corrected chi connectivity index (χ4v) is 10.9. The molecule has 8 aliphatic heterocycles. The summed E-state index contributed by atoms with van der Waals surface area (Å²) in [5, 5.41) is 0. The molecule has 8 heterocycles. The van der Waals surface area contributed by atoms with Crippen LogP contribution >= 0.6 is 0 Å². The monoisotopic (exact) mass is 651 g/mol. The van der Waals surface area contributed by atoms with E-state index in [1.807, 2.05) is 13.8 Å². The summed E-state index contributed by atoms with van der Waals surface area (Å²) >= 11 is 0. The summed E-state index contributed by atoms with van der Waals surface area (Å²) in [6.45, 7) is 15.7. The number of hydrogen-bond acceptors (Lipinski definition) is 11. The summed E-state index contributed by atoms with van der Waals surface area (Å²) in [6, 6.07) is 0. The summed E-state index contributed by atoms with van der Waals surface area (Å²) in [5.41, 5.74) is -1.12. The second-order valence-corrected chi connectivity index (χ2v) is 16.6. The van der Waals surface area contributed by atoms with Crippen LogP contribution < -0.4 is 0 Å². The Hall–Kier alpha value is -0.440. The van der Waals surface area contributed by atoms with Gasteiger partial charge in [-0.1, -0.05) is 27.7 Å². The minimum atomic E-state index is -0.777. The average molecular weight is 652 g/mol. The van der Waals surface area contributed by atoms with Crippen LogP contribution in [0.1, 0.15) is 92.9 Å². The fourth-order valence-electron chi connectivity index (χ4n) is 10.9. The fraction of sp³-hybridized carbons (Fsp3) is 1.00. The maximum absolute atomic E-state index is 6.59. The number of hydrogen-bond donors (Lipinski definition) is 0. The molecule has 262 valence electrons. The summed E-state index contributed by atoms with van der Waals surface area (Å²) in [4.78, 5) is 26.7. The van der Waals surface area contributed by atoms with Crippen molar-refractivity contribution in [3.63, 3.8) is 0 Å². The lowest BCUT2D eigenvalue weighted by molar-refractivity contribution is -0.577. The Bertz CT molecular complexity index is 1050. The molecule has 16 atom stereocenters. The van der Waals surface area contributed by atoms with E-state index in [0.717, 1.165) is 51.6 Å². The molecule has 4 bridgehead atoms. The average Bonchev–Trinajstić information content (AvgIpc) is 3.39. The lowest BCUT2D eigenvalue weighted by Gasteiger charge is -2.60. The number of likely N-dealkylation sites (N-methyl/N-ethyl adjacent to an activating group) is 1. The molecule has 10 fully saturated rings. The molecule has 4 unspecified atom stereocenters. The highest BCUT2D eigenvalue weighted by molar-refractivity contribution is 5.10. The van der Waals surface area contributed by atoms with Gasteiger partial charge in [-0.15, -0.1) is 0 Å². The number of rotatable bonds is 8. The van der Waals surface area contributed by atoms with E-state index in [1.54, 1.807) is 0 Å². The molecule has 2 aliphatic carbocycles. The molecule has 0 aromatic heterocycles. The van der Waals surface area contributed by atoms with Gasteiger partial charge in [-0.05, 0) is 83.1 Å². The molecule has 0 aromatic carbocycles. The summed E-state index contributed by atoms with van der Waals surface area (Å²) in [7, 11) is 2.10. The van der Waals surface area contributed by atoms with Crippen LogP contribution in [0.3, 0.4) is 0 Å². The van der Waals surface area contributed by atoms with Crippen LogP contribution in [0.4, 0.5) is 0 Å². The lowest BCUT2D eigenvalue weighted by atomic mass is 9.58. The van der Waals surface area contributed by atoms with Crippen molar-refractivity contribution in [2.45, 2.75) is 141 Å². The predicted octanol–water partition coefficient (Wildman–Crippen LogP) is 5.37. The van der Waals surface area contributed by atoms with Gasteiger partial charge in [0.05, 0.1) is 13.2 Å².